The maximum atomic E-state index is 14.5. The molecule has 0 atom stereocenters. The Labute approximate surface area is 165 Å². The van der Waals surface area contributed by atoms with E-state index in [1.165, 1.54) is 6.07 Å². The number of hydrazone groups is 1. The number of hydrogen-bond acceptors (Lipinski definition) is 5. The summed E-state index contributed by atoms with van der Waals surface area (Å²) in [6.07, 6.45) is 4.49. The number of amides is 2. The van der Waals surface area contributed by atoms with Crippen LogP contribution >= 0.6 is 0 Å². The summed E-state index contributed by atoms with van der Waals surface area (Å²) < 4.78 is 17.8. The molecule has 2 amide bonds. The topological polar surface area (TPSA) is 115 Å². The number of nitrogens with zero attached hydrogens (tertiary/aromatic N) is 6. The van der Waals surface area contributed by atoms with Crippen molar-refractivity contribution < 1.29 is 9.18 Å². The molecule has 0 aliphatic carbocycles. The van der Waals surface area contributed by atoms with Crippen LogP contribution in [0.4, 0.5) is 9.18 Å². The Morgan fingerprint density at radius 3 is 2.90 bits per heavy atom. The number of nitrogens with one attached hydrogen (secondary N) is 1. The smallest absolute Gasteiger partial charge is 0.332 e. The van der Waals surface area contributed by atoms with Gasteiger partial charge in [-0.15, -0.1) is 0 Å². The minimum absolute atomic E-state index is 0.260. The summed E-state index contributed by atoms with van der Waals surface area (Å²) >= 11 is 0. The average Bonchev–Trinajstić information content (AvgIpc) is 3.27. The Morgan fingerprint density at radius 1 is 1.28 bits per heavy atom. The van der Waals surface area contributed by atoms with Gasteiger partial charge in [-0.05, 0) is 43.5 Å². The monoisotopic (exact) mass is 394 g/mol. The number of benzene rings is 1. The molecule has 3 heterocycles. The standard InChI is InChI=1S/C19H19FN8O/c1-11(24-25-19(21)29)16-5-6-18-22-10-14(28(18)26-16)4-3-12-7-13-9-23-27(2)17(13)8-15(12)20/h5-10H,3-4H2,1-2H3,(H3,21,25,29). The number of imidazole rings is 1. The number of aromatic nitrogens is 5. The number of fused-ring (bicyclic) bond motifs is 2. The van der Waals surface area contributed by atoms with E-state index in [0.717, 1.165) is 16.6 Å². The zero-order valence-electron chi connectivity index (χ0n) is 15.9. The van der Waals surface area contributed by atoms with E-state index in [4.69, 9.17) is 5.73 Å². The van der Waals surface area contributed by atoms with E-state index in [-0.39, 0.29) is 5.82 Å². The number of rotatable bonds is 5. The van der Waals surface area contributed by atoms with Crippen LogP contribution in [0.2, 0.25) is 0 Å². The molecule has 3 N–H and O–H groups in total. The molecule has 4 rings (SSSR count). The molecule has 0 bridgehead atoms. The Morgan fingerprint density at radius 2 is 2.10 bits per heavy atom. The predicted octanol–water partition coefficient (Wildman–Crippen LogP) is 1.93. The maximum Gasteiger partial charge on any atom is 0.332 e. The first-order valence-corrected chi connectivity index (χ1v) is 8.96. The van der Waals surface area contributed by atoms with E-state index < -0.39 is 6.03 Å². The largest absolute Gasteiger partial charge is 0.350 e. The van der Waals surface area contributed by atoms with Gasteiger partial charge in [-0.25, -0.2) is 24.1 Å². The number of aryl methyl sites for hydroxylation is 3. The Bertz CT molecular complexity index is 1260. The van der Waals surface area contributed by atoms with E-state index in [9.17, 15) is 9.18 Å². The number of nitrogens with two attached hydrogens (primary N) is 1. The van der Waals surface area contributed by atoms with E-state index in [1.54, 1.807) is 47.7 Å². The average molecular weight is 394 g/mol. The SMILES string of the molecule is CC(=NNC(N)=O)c1ccc2ncc(CCc3cc4cnn(C)c4cc3F)n2n1. The lowest BCUT2D eigenvalue weighted by atomic mass is 10.1. The lowest BCUT2D eigenvalue weighted by Gasteiger charge is -2.06. The molecule has 3 aromatic heterocycles. The third-order valence-corrected chi connectivity index (χ3v) is 4.70. The van der Waals surface area contributed by atoms with Gasteiger partial charge in [0.2, 0.25) is 0 Å². The molecule has 29 heavy (non-hydrogen) atoms. The number of primary amides is 1. The molecule has 0 saturated carbocycles. The van der Waals surface area contributed by atoms with Gasteiger partial charge in [-0.1, -0.05) is 0 Å². The molecule has 0 fully saturated rings. The Balaban J connectivity index is 1.60. The zero-order valence-corrected chi connectivity index (χ0v) is 15.9. The molecule has 0 saturated heterocycles. The zero-order chi connectivity index (χ0) is 20.5. The lowest BCUT2D eigenvalue weighted by molar-refractivity contribution is 0.249. The van der Waals surface area contributed by atoms with Gasteiger partial charge in [0.25, 0.3) is 0 Å². The van der Waals surface area contributed by atoms with Crippen LogP contribution in [0.15, 0.2) is 41.8 Å². The van der Waals surface area contributed by atoms with Crippen LogP contribution in [-0.4, -0.2) is 36.1 Å². The normalized spacial score (nSPS) is 12.0. The molecule has 4 aromatic rings. The van der Waals surface area contributed by atoms with Crippen molar-refractivity contribution in [2.24, 2.45) is 17.9 Å². The van der Waals surface area contributed by atoms with Gasteiger partial charge >= 0.3 is 6.03 Å². The highest BCUT2D eigenvalue weighted by atomic mass is 19.1. The van der Waals surface area contributed by atoms with Crippen LogP contribution in [0.3, 0.4) is 0 Å². The second-order valence-electron chi connectivity index (χ2n) is 6.68. The summed E-state index contributed by atoms with van der Waals surface area (Å²) in [6, 6.07) is 6.14. The highest BCUT2D eigenvalue weighted by molar-refractivity contribution is 5.97. The van der Waals surface area contributed by atoms with Crippen LogP contribution in [0, 0.1) is 5.82 Å². The quantitative estimate of drug-likeness (QED) is 0.397. The fraction of sp³-hybridized carbons (Fsp3) is 0.211. The molecular weight excluding hydrogens is 375 g/mol. The number of carbonyl (C=O) groups is 1. The van der Waals surface area contributed by atoms with Crippen molar-refractivity contribution in [2.45, 2.75) is 19.8 Å². The third kappa shape index (κ3) is 3.64. The molecule has 9 nitrogen and oxygen atoms in total. The van der Waals surface area contributed by atoms with Crippen molar-refractivity contribution in [3.05, 3.63) is 59.4 Å². The van der Waals surface area contributed by atoms with E-state index >= 15 is 0 Å². The molecule has 0 unspecified atom stereocenters. The van der Waals surface area contributed by atoms with Gasteiger partial charge in [0.05, 0.1) is 29.3 Å². The first-order chi connectivity index (χ1) is 13.9. The predicted molar refractivity (Wildman–Crippen MR) is 106 cm³/mol. The molecule has 148 valence electrons. The molecule has 10 heteroatoms. The van der Waals surface area contributed by atoms with Crippen molar-refractivity contribution in [3.63, 3.8) is 0 Å². The van der Waals surface area contributed by atoms with Crippen LogP contribution in [0.25, 0.3) is 16.6 Å². The fourth-order valence-corrected chi connectivity index (χ4v) is 3.16. The van der Waals surface area contributed by atoms with Gasteiger partial charge in [0.15, 0.2) is 5.65 Å². The number of carbonyl (C=O) groups excluding carboxylic acids is 1. The van der Waals surface area contributed by atoms with Crippen molar-refractivity contribution in [3.8, 4) is 0 Å². The number of halogens is 1. The summed E-state index contributed by atoms with van der Waals surface area (Å²) in [4.78, 5) is 15.2. The fourth-order valence-electron chi connectivity index (χ4n) is 3.16. The van der Waals surface area contributed by atoms with Crippen LogP contribution in [0.1, 0.15) is 23.9 Å². The molecule has 0 spiro atoms. The number of hydrogen-bond donors (Lipinski definition) is 2. The summed E-state index contributed by atoms with van der Waals surface area (Å²) in [7, 11) is 1.79. The van der Waals surface area contributed by atoms with Gasteiger partial charge in [-0.3, -0.25) is 4.68 Å². The number of urea groups is 1. The van der Waals surface area contributed by atoms with E-state index in [0.29, 0.717) is 35.5 Å². The molecule has 1 aromatic carbocycles. The summed E-state index contributed by atoms with van der Waals surface area (Å²) in [5.74, 6) is -0.260. The minimum atomic E-state index is -0.749. The minimum Gasteiger partial charge on any atom is -0.350 e. The molecule has 0 radical (unpaired) electrons. The second kappa shape index (κ2) is 7.30. The van der Waals surface area contributed by atoms with E-state index in [1.807, 2.05) is 6.07 Å². The van der Waals surface area contributed by atoms with Crippen molar-refractivity contribution in [1.82, 2.24) is 29.8 Å². The van der Waals surface area contributed by atoms with Crippen molar-refractivity contribution in [1.29, 1.82) is 0 Å². The molecular formula is C19H19FN8O. The van der Waals surface area contributed by atoms with Crippen molar-refractivity contribution >= 4 is 28.3 Å². The van der Waals surface area contributed by atoms with Crippen LogP contribution < -0.4 is 11.2 Å². The van der Waals surface area contributed by atoms with Gasteiger partial charge in [0.1, 0.15) is 11.5 Å². The highest BCUT2D eigenvalue weighted by Gasteiger charge is 2.11. The first kappa shape index (κ1) is 18.5. The molecule has 0 aliphatic rings. The summed E-state index contributed by atoms with van der Waals surface area (Å²) in [5, 5.41) is 13.5. The lowest BCUT2D eigenvalue weighted by Crippen LogP contribution is -2.25. The third-order valence-electron chi connectivity index (χ3n) is 4.70. The van der Waals surface area contributed by atoms with Crippen molar-refractivity contribution in [2.75, 3.05) is 0 Å². The van der Waals surface area contributed by atoms with Crippen LogP contribution in [0.5, 0.6) is 0 Å². The van der Waals surface area contributed by atoms with E-state index in [2.05, 4.69) is 25.7 Å². The molecule has 0 aliphatic heterocycles. The summed E-state index contributed by atoms with van der Waals surface area (Å²) in [5.41, 5.74) is 11.1. The van der Waals surface area contributed by atoms with Gasteiger partial charge in [-0.2, -0.15) is 15.3 Å². The first-order valence-electron chi connectivity index (χ1n) is 8.96. The summed E-state index contributed by atoms with van der Waals surface area (Å²) in [6.45, 7) is 1.71. The van der Waals surface area contributed by atoms with Gasteiger partial charge < -0.3 is 5.73 Å². The van der Waals surface area contributed by atoms with Gasteiger partial charge in [0, 0.05) is 18.5 Å². The maximum absolute atomic E-state index is 14.5. The Kier molecular flexibility index (Phi) is 4.67. The Hall–Kier alpha value is -3.82. The highest BCUT2D eigenvalue weighted by Crippen LogP contribution is 2.20. The second-order valence-corrected chi connectivity index (χ2v) is 6.68. The van der Waals surface area contributed by atoms with Crippen LogP contribution in [-0.2, 0) is 19.9 Å².